The van der Waals surface area contributed by atoms with Gasteiger partial charge in [0.15, 0.2) is 0 Å². The average Bonchev–Trinajstić information content (AvgIpc) is 2.37. The maximum atomic E-state index is 11.7. The summed E-state index contributed by atoms with van der Waals surface area (Å²) in [6, 6.07) is 4.71. The zero-order valence-corrected chi connectivity index (χ0v) is 13.3. The maximum Gasteiger partial charge on any atom is 0.338 e. The Labute approximate surface area is 130 Å². The molecule has 0 aliphatic heterocycles. The second kappa shape index (κ2) is 9.43. The molecule has 0 saturated carbocycles. The van der Waals surface area contributed by atoms with Crippen LogP contribution in [-0.2, 0) is 4.74 Å². The molecular weight excluding hydrogens is 309 g/mol. The molecule has 0 aliphatic carbocycles. The van der Waals surface area contributed by atoms with Crippen LogP contribution in [-0.4, -0.2) is 37.1 Å². The van der Waals surface area contributed by atoms with Gasteiger partial charge in [0.1, 0.15) is 6.61 Å². The van der Waals surface area contributed by atoms with E-state index in [1.165, 1.54) is 6.07 Å². The third kappa shape index (κ3) is 6.00. The van der Waals surface area contributed by atoms with E-state index in [0.29, 0.717) is 22.2 Å². The van der Waals surface area contributed by atoms with Gasteiger partial charge in [0, 0.05) is 6.54 Å². The molecule has 0 atom stereocenters. The highest BCUT2D eigenvalue weighted by Gasteiger charge is 2.09. The molecule has 0 saturated heterocycles. The standard InChI is InChI=1S/C13H17Cl2NO2.ClH/c1-3-16(4-2)7-8-18-13(17)10-5-6-11(14)12(15)9-10;/h5-6,9H,3-4,7-8H2,1-2H3;1H. The summed E-state index contributed by atoms with van der Waals surface area (Å²) < 4.78 is 5.17. The van der Waals surface area contributed by atoms with Crippen LogP contribution >= 0.6 is 35.6 Å². The number of nitrogens with zero attached hydrogens (tertiary/aromatic N) is 1. The van der Waals surface area contributed by atoms with Crippen molar-refractivity contribution in [2.75, 3.05) is 26.2 Å². The van der Waals surface area contributed by atoms with E-state index in [4.69, 9.17) is 27.9 Å². The third-order valence-corrected chi connectivity index (χ3v) is 3.43. The fourth-order valence-electron chi connectivity index (χ4n) is 1.51. The summed E-state index contributed by atoms with van der Waals surface area (Å²) in [5.41, 5.74) is 0.420. The minimum absolute atomic E-state index is 0. The lowest BCUT2D eigenvalue weighted by Crippen LogP contribution is -2.27. The first-order chi connectivity index (χ1) is 8.58. The average molecular weight is 327 g/mol. The molecular formula is C13H18Cl3NO2. The van der Waals surface area contributed by atoms with Gasteiger partial charge >= 0.3 is 5.97 Å². The van der Waals surface area contributed by atoms with E-state index in [1.807, 2.05) is 0 Å². The van der Waals surface area contributed by atoms with Gasteiger partial charge in [-0.3, -0.25) is 0 Å². The third-order valence-electron chi connectivity index (χ3n) is 2.69. The molecule has 0 radical (unpaired) electrons. The second-order valence-corrected chi connectivity index (χ2v) is 4.61. The SMILES string of the molecule is CCN(CC)CCOC(=O)c1ccc(Cl)c(Cl)c1.Cl. The minimum atomic E-state index is -0.374. The van der Waals surface area contributed by atoms with Crippen LogP contribution in [0.25, 0.3) is 0 Å². The van der Waals surface area contributed by atoms with E-state index in [-0.39, 0.29) is 18.4 Å². The van der Waals surface area contributed by atoms with E-state index in [9.17, 15) is 4.79 Å². The summed E-state index contributed by atoms with van der Waals surface area (Å²) >= 11 is 11.6. The molecule has 1 aromatic carbocycles. The van der Waals surface area contributed by atoms with Gasteiger partial charge in [-0.2, -0.15) is 0 Å². The van der Waals surface area contributed by atoms with Gasteiger partial charge in [-0.15, -0.1) is 12.4 Å². The number of halogens is 3. The van der Waals surface area contributed by atoms with Crippen molar-refractivity contribution in [1.82, 2.24) is 4.90 Å². The van der Waals surface area contributed by atoms with Crippen molar-refractivity contribution in [2.45, 2.75) is 13.8 Å². The second-order valence-electron chi connectivity index (χ2n) is 3.79. The molecule has 0 spiro atoms. The molecule has 0 aromatic heterocycles. The highest BCUT2D eigenvalue weighted by Crippen LogP contribution is 2.22. The van der Waals surface area contributed by atoms with E-state index in [0.717, 1.165) is 19.6 Å². The predicted molar refractivity (Wildman–Crippen MR) is 81.8 cm³/mol. The van der Waals surface area contributed by atoms with Gasteiger partial charge in [0.25, 0.3) is 0 Å². The highest BCUT2D eigenvalue weighted by molar-refractivity contribution is 6.42. The number of carbonyl (C=O) groups is 1. The summed E-state index contributed by atoms with van der Waals surface area (Å²) in [5.74, 6) is -0.374. The van der Waals surface area contributed by atoms with Crippen LogP contribution in [0.4, 0.5) is 0 Å². The molecule has 0 bridgehead atoms. The minimum Gasteiger partial charge on any atom is -0.461 e. The lowest BCUT2D eigenvalue weighted by molar-refractivity contribution is 0.0466. The summed E-state index contributed by atoms with van der Waals surface area (Å²) in [6.07, 6.45) is 0. The zero-order valence-electron chi connectivity index (χ0n) is 11.0. The molecule has 6 heteroatoms. The van der Waals surface area contributed by atoms with Gasteiger partial charge in [-0.05, 0) is 31.3 Å². The van der Waals surface area contributed by atoms with Crippen molar-refractivity contribution < 1.29 is 9.53 Å². The van der Waals surface area contributed by atoms with Gasteiger partial charge in [0.2, 0.25) is 0 Å². The summed E-state index contributed by atoms with van der Waals surface area (Å²) in [5, 5.41) is 0.784. The quantitative estimate of drug-likeness (QED) is 0.742. The van der Waals surface area contributed by atoms with Gasteiger partial charge < -0.3 is 9.64 Å². The Kier molecular flexibility index (Phi) is 9.19. The smallest absolute Gasteiger partial charge is 0.338 e. The number of hydrogen-bond donors (Lipinski definition) is 0. The molecule has 19 heavy (non-hydrogen) atoms. The monoisotopic (exact) mass is 325 g/mol. The number of ether oxygens (including phenoxy) is 1. The van der Waals surface area contributed by atoms with E-state index >= 15 is 0 Å². The fraction of sp³-hybridized carbons (Fsp3) is 0.462. The Morgan fingerprint density at radius 3 is 2.37 bits per heavy atom. The van der Waals surface area contributed by atoms with E-state index in [2.05, 4.69) is 18.7 Å². The Bertz CT molecular complexity index is 409. The number of esters is 1. The first-order valence-electron chi connectivity index (χ1n) is 5.93. The fourth-order valence-corrected chi connectivity index (χ4v) is 1.81. The molecule has 0 amide bonds. The van der Waals surface area contributed by atoms with Crippen LogP contribution in [0.3, 0.4) is 0 Å². The number of benzene rings is 1. The number of likely N-dealkylation sites (N-methyl/N-ethyl adjacent to an activating group) is 1. The van der Waals surface area contributed by atoms with E-state index < -0.39 is 0 Å². The largest absolute Gasteiger partial charge is 0.461 e. The molecule has 1 aromatic rings. The van der Waals surface area contributed by atoms with Crippen molar-refractivity contribution in [2.24, 2.45) is 0 Å². The van der Waals surface area contributed by atoms with Crippen molar-refractivity contribution in [1.29, 1.82) is 0 Å². The van der Waals surface area contributed by atoms with Crippen molar-refractivity contribution in [3.05, 3.63) is 33.8 Å². The molecule has 108 valence electrons. The van der Waals surface area contributed by atoms with Crippen LogP contribution in [0.2, 0.25) is 10.0 Å². The van der Waals surface area contributed by atoms with Crippen LogP contribution in [0.5, 0.6) is 0 Å². The topological polar surface area (TPSA) is 29.5 Å². The molecule has 0 unspecified atom stereocenters. The molecule has 1 rings (SSSR count). The molecule has 0 fully saturated rings. The molecule has 0 heterocycles. The first kappa shape index (κ1) is 18.5. The maximum absolute atomic E-state index is 11.7. The number of carbonyl (C=O) groups excluding carboxylic acids is 1. The highest BCUT2D eigenvalue weighted by atomic mass is 35.5. The van der Waals surface area contributed by atoms with Gasteiger partial charge in [-0.25, -0.2) is 4.79 Å². The molecule has 0 aliphatic rings. The Morgan fingerprint density at radius 1 is 1.21 bits per heavy atom. The van der Waals surface area contributed by atoms with Gasteiger partial charge in [-0.1, -0.05) is 37.0 Å². The van der Waals surface area contributed by atoms with Crippen molar-refractivity contribution in [3.8, 4) is 0 Å². The first-order valence-corrected chi connectivity index (χ1v) is 6.68. The molecule has 3 nitrogen and oxygen atoms in total. The Morgan fingerprint density at radius 2 is 1.84 bits per heavy atom. The summed E-state index contributed by atoms with van der Waals surface area (Å²) in [7, 11) is 0. The lowest BCUT2D eigenvalue weighted by Gasteiger charge is -2.17. The van der Waals surface area contributed by atoms with Gasteiger partial charge in [0.05, 0.1) is 15.6 Å². The Hall–Kier alpha value is -0.480. The summed E-state index contributed by atoms with van der Waals surface area (Å²) in [6.45, 7) is 7.15. The van der Waals surface area contributed by atoms with Crippen LogP contribution in [0.1, 0.15) is 24.2 Å². The van der Waals surface area contributed by atoms with Crippen LogP contribution < -0.4 is 0 Å². The summed E-state index contributed by atoms with van der Waals surface area (Å²) in [4.78, 5) is 13.9. The van der Waals surface area contributed by atoms with Crippen molar-refractivity contribution in [3.63, 3.8) is 0 Å². The van der Waals surface area contributed by atoms with Crippen LogP contribution in [0.15, 0.2) is 18.2 Å². The van der Waals surface area contributed by atoms with Crippen LogP contribution in [0, 0.1) is 0 Å². The molecule has 0 N–H and O–H groups in total. The number of hydrogen-bond acceptors (Lipinski definition) is 3. The zero-order chi connectivity index (χ0) is 13.5. The van der Waals surface area contributed by atoms with E-state index in [1.54, 1.807) is 12.1 Å². The Balaban J connectivity index is 0.00000324. The number of rotatable bonds is 6. The lowest BCUT2D eigenvalue weighted by atomic mass is 10.2. The normalized spacial score (nSPS) is 10.2. The predicted octanol–water partition coefficient (Wildman–Crippen LogP) is 3.91. The van der Waals surface area contributed by atoms with Crippen molar-refractivity contribution >= 4 is 41.6 Å².